The summed E-state index contributed by atoms with van der Waals surface area (Å²) in [5.74, 6) is 1.91. The van der Waals surface area contributed by atoms with Gasteiger partial charge in [0.1, 0.15) is 11.5 Å². The fourth-order valence-corrected chi connectivity index (χ4v) is 3.54. The number of nitrogens with one attached hydrogen (secondary N) is 1. The first-order valence-electron chi connectivity index (χ1n) is 8.74. The van der Waals surface area contributed by atoms with Crippen molar-refractivity contribution in [3.05, 3.63) is 55.0 Å². The number of rotatable bonds is 8. The SMILES string of the molecule is C=CCn1c(SC(C)C(=O)Nc2ccccc2OC)nnc1-c1ccoc1C. The van der Waals surface area contributed by atoms with Crippen LogP contribution >= 0.6 is 11.8 Å². The first-order valence-corrected chi connectivity index (χ1v) is 9.62. The third-order valence-corrected chi connectivity index (χ3v) is 5.22. The molecule has 0 saturated heterocycles. The number of ether oxygens (including phenoxy) is 1. The lowest BCUT2D eigenvalue weighted by Crippen LogP contribution is -2.23. The van der Waals surface area contributed by atoms with Crippen LogP contribution in [-0.4, -0.2) is 33.0 Å². The second-order valence-corrected chi connectivity index (χ2v) is 7.35. The molecule has 0 aliphatic rings. The van der Waals surface area contributed by atoms with Crippen LogP contribution in [0, 0.1) is 6.92 Å². The minimum Gasteiger partial charge on any atom is -0.495 e. The van der Waals surface area contributed by atoms with Gasteiger partial charge in [-0.3, -0.25) is 9.36 Å². The molecule has 0 aliphatic heterocycles. The Labute approximate surface area is 167 Å². The van der Waals surface area contributed by atoms with Crippen LogP contribution in [0.4, 0.5) is 5.69 Å². The number of anilines is 1. The first-order chi connectivity index (χ1) is 13.5. The lowest BCUT2D eigenvalue weighted by atomic mass is 10.2. The molecule has 0 radical (unpaired) electrons. The average Bonchev–Trinajstić information content (AvgIpc) is 3.28. The van der Waals surface area contributed by atoms with E-state index < -0.39 is 5.25 Å². The molecule has 0 aliphatic carbocycles. The van der Waals surface area contributed by atoms with Crippen molar-refractivity contribution in [1.29, 1.82) is 0 Å². The molecule has 1 amide bonds. The molecule has 7 nitrogen and oxygen atoms in total. The molecule has 0 fully saturated rings. The molecule has 0 spiro atoms. The fourth-order valence-electron chi connectivity index (χ4n) is 2.68. The van der Waals surface area contributed by atoms with Crippen molar-refractivity contribution in [2.75, 3.05) is 12.4 Å². The van der Waals surface area contributed by atoms with Crippen molar-refractivity contribution in [2.45, 2.75) is 30.8 Å². The Morgan fingerprint density at radius 1 is 1.39 bits per heavy atom. The molecular weight excluding hydrogens is 376 g/mol. The molecule has 3 rings (SSSR count). The van der Waals surface area contributed by atoms with E-state index in [4.69, 9.17) is 9.15 Å². The van der Waals surface area contributed by atoms with Crippen LogP contribution in [0.5, 0.6) is 5.75 Å². The first kappa shape index (κ1) is 19.8. The third kappa shape index (κ3) is 4.12. The second kappa shape index (κ2) is 8.79. The Hall–Kier alpha value is -3.00. The van der Waals surface area contributed by atoms with E-state index in [1.54, 1.807) is 31.6 Å². The van der Waals surface area contributed by atoms with Crippen LogP contribution in [0.1, 0.15) is 12.7 Å². The number of aryl methyl sites for hydroxylation is 1. The molecular formula is C20H22N4O3S. The standard InChI is InChI=1S/C20H22N4O3S/c1-5-11-24-18(15-10-12-27-13(15)2)22-23-20(24)28-14(3)19(25)21-16-8-6-7-9-17(16)26-4/h5-10,12,14H,1,11H2,2-4H3,(H,21,25). The average molecular weight is 398 g/mol. The molecule has 1 aromatic carbocycles. The molecule has 1 atom stereocenters. The van der Waals surface area contributed by atoms with E-state index in [-0.39, 0.29) is 5.91 Å². The van der Waals surface area contributed by atoms with Gasteiger partial charge in [-0.25, -0.2) is 0 Å². The molecule has 28 heavy (non-hydrogen) atoms. The summed E-state index contributed by atoms with van der Waals surface area (Å²) in [6.45, 7) is 8.03. The maximum Gasteiger partial charge on any atom is 0.237 e. The Morgan fingerprint density at radius 2 is 2.18 bits per heavy atom. The van der Waals surface area contributed by atoms with Crippen molar-refractivity contribution in [1.82, 2.24) is 14.8 Å². The number of benzene rings is 1. The van der Waals surface area contributed by atoms with Crippen LogP contribution < -0.4 is 10.1 Å². The Morgan fingerprint density at radius 3 is 2.86 bits per heavy atom. The normalized spacial score (nSPS) is 11.8. The van der Waals surface area contributed by atoms with E-state index >= 15 is 0 Å². The summed E-state index contributed by atoms with van der Waals surface area (Å²) >= 11 is 1.33. The fraction of sp³-hybridized carbons (Fsp3) is 0.250. The van der Waals surface area contributed by atoms with Gasteiger partial charge in [0.15, 0.2) is 11.0 Å². The molecule has 1 unspecified atom stereocenters. The number of nitrogens with zero attached hydrogens (tertiary/aromatic N) is 3. The van der Waals surface area contributed by atoms with Crippen LogP contribution in [0.25, 0.3) is 11.4 Å². The number of hydrogen-bond donors (Lipinski definition) is 1. The molecule has 1 N–H and O–H groups in total. The Kier molecular flexibility index (Phi) is 6.20. The highest BCUT2D eigenvalue weighted by Crippen LogP contribution is 2.30. The Bertz CT molecular complexity index is 979. The number of carbonyl (C=O) groups is 1. The van der Waals surface area contributed by atoms with Crippen LogP contribution in [0.3, 0.4) is 0 Å². The van der Waals surface area contributed by atoms with E-state index in [1.165, 1.54) is 11.8 Å². The van der Waals surface area contributed by atoms with Gasteiger partial charge in [-0.2, -0.15) is 0 Å². The zero-order chi connectivity index (χ0) is 20.1. The van der Waals surface area contributed by atoms with Gasteiger partial charge in [0, 0.05) is 6.54 Å². The van der Waals surface area contributed by atoms with E-state index in [0.717, 1.165) is 11.3 Å². The summed E-state index contributed by atoms with van der Waals surface area (Å²) in [5.41, 5.74) is 1.50. The Balaban J connectivity index is 1.79. The van der Waals surface area contributed by atoms with Crippen LogP contribution in [0.2, 0.25) is 0 Å². The summed E-state index contributed by atoms with van der Waals surface area (Å²) in [4.78, 5) is 12.7. The lowest BCUT2D eigenvalue weighted by molar-refractivity contribution is -0.115. The van der Waals surface area contributed by atoms with Gasteiger partial charge in [-0.05, 0) is 32.0 Å². The summed E-state index contributed by atoms with van der Waals surface area (Å²) in [6.07, 6.45) is 3.39. The van der Waals surface area contributed by atoms with Crippen LogP contribution in [-0.2, 0) is 11.3 Å². The molecule has 0 saturated carbocycles. The van der Waals surface area contributed by atoms with Crippen molar-refractivity contribution in [3.63, 3.8) is 0 Å². The minimum absolute atomic E-state index is 0.149. The molecule has 3 aromatic rings. The molecule has 2 aromatic heterocycles. The summed E-state index contributed by atoms with van der Waals surface area (Å²) in [5, 5.41) is 11.7. The highest BCUT2D eigenvalue weighted by Gasteiger charge is 2.22. The van der Waals surface area contributed by atoms with Crippen molar-refractivity contribution < 1.29 is 13.9 Å². The van der Waals surface area contributed by atoms with E-state index in [9.17, 15) is 4.79 Å². The maximum absolute atomic E-state index is 12.7. The molecule has 146 valence electrons. The smallest absolute Gasteiger partial charge is 0.237 e. The highest BCUT2D eigenvalue weighted by atomic mass is 32.2. The minimum atomic E-state index is -0.393. The van der Waals surface area contributed by atoms with Gasteiger partial charge in [0.05, 0.1) is 29.9 Å². The number of hydrogen-bond acceptors (Lipinski definition) is 6. The number of aromatic nitrogens is 3. The van der Waals surface area contributed by atoms with Crippen molar-refractivity contribution in [3.8, 4) is 17.1 Å². The van der Waals surface area contributed by atoms with Gasteiger partial charge in [-0.1, -0.05) is 30.0 Å². The summed E-state index contributed by atoms with van der Waals surface area (Å²) in [7, 11) is 1.57. The largest absolute Gasteiger partial charge is 0.495 e. The predicted octanol–water partition coefficient (Wildman–Crippen LogP) is 4.16. The van der Waals surface area contributed by atoms with Gasteiger partial charge in [0.2, 0.25) is 5.91 Å². The van der Waals surface area contributed by atoms with Crippen molar-refractivity contribution >= 4 is 23.4 Å². The number of methoxy groups -OCH3 is 1. The quantitative estimate of drug-likeness (QED) is 0.453. The molecule has 0 bridgehead atoms. The maximum atomic E-state index is 12.7. The lowest BCUT2D eigenvalue weighted by Gasteiger charge is -2.14. The number of thioether (sulfide) groups is 1. The van der Waals surface area contributed by atoms with E-state index in [1.807, 2.05) is 36.6 Å². The highest BCUT2D eigenvalue weighted by molar-refractivity contribution is 8.00. The van der Waals surface area contributed by atoms with Crippen LogP contribution in [0.15, 0.2) is 58.8 Å². The summed E-state index contributed by atoms with van der Waals surface area (Å²) < 4.78 is 12.6. The number of para-hydroxylation sites is 2. The van der Waals surface area contributed by atoms with Gasteiger partial charge < -0.3 is 14.5 Å². The third-order valence-electron chi connectivity index (χ3n) is 4.14. The molecule has 2 heterocycles. The number of amides is 1. The zero-order valence-corrected chi connectivity index (χ0v) is 16.8. The van der Waals surface area contributed by atoms with E-state index in [0.29, 0.717) is 29.0 Å². The van der Waals surface area contributed by atoms with Gasteiger partial charge in [0.25, 0.3) is 0 Å². The van der Waals surface area contributed by atoms with Gasteiger partial charge >= 0.3 is 0 Å². The number of allylic oxidation sites excluding steroid dienone is 1. The summed E-state index contributed by atoms with van der Waals surface area (Å²) in [6, 6.07) is 9.15. The molecule has 8 heteroatoms. The topological polar surface area (TPSA) is 82.2 Å². The second-order valence-electron chi connectivity index (χ2n) is 6.05. The zero-order valence-electron chi connectivity index (χ0n) is 16.0. The van der Waals surface area contributed by atoms with Crippen molar-refractivity contribution in [2.24, 2.45) is 0 Å². The predicted molar refractivity (Wildman–Crippen MR) is 110 cm³/mol. The number of carbonyl (C=O) groups excluding carboxylic acids is 1. The number of furan rings is 1. The monoisotopic (exact) mass is 398 g/mol. The van der Waals surface area contributed by atoms with E-state index in [2.05, 4.69) is 22.1 Å². The van der Waals surface area contributed by atoms with Gasteiger partial charge in [-0.15, -0.1) is 16.8 Å².